The van der Waals surface area contributed by atoms with Crippen LogP contribution in [0.4, 0.5) is 0 Å². The van der Waals surface area contributed by atoms with Gasteiger partial charge < -0.3 is 13.9 Å². The number of nitriles is 1. The lowest BCUT2D eigenvalue weighted by Gasteiger charge is -2.07. The van der Waals surface area contributed by atoms with Gasteiger partial charge in [0.1, 0.15) is 23.0 Å². The largest absolute Gasteiger partial charge is 0.497 e. The quantitative estimate of drug-likeness (QED) is 0.524. The number of furan rings is 1. The van der Waals surface area contributed by atoms with Crippen LogP contribution in [0.15, 0.2) is 64.1 Å². The third-order valence-corrected chi connectivity index (χ3v) is 3.91. The van der Waals surface area contributed by atoms with Crippen LogP contribution in [0.3, 0.4) is 0 Å². The number of carbonyl (C=O) groups excluding carboxylic acids is 1. The second-order valence-corrected chi connectivity index (χ2v) is 5.66. The number of hydrazone groups is 1. The zero-order chi connectivity index (χ0) is 19.9. The lowest BCUT2D eigenvalue weighted by molar-refractivity contribution is 0.0954. The van der Waals surface area contributed by atoms with E-state index in [9.17, 15) is 10.1 Å². The monoisotopic (exact) mass is 375 g/mol. The van der Waals surface area contributed by atoms with E-state index in [1.165, 1.54) is 20.4 Å². The highest BCUT2D eigenvalue weighted by Crippen LogP contribution is 2.25. The number of hydrogen-bond donors (Lipinski definition) is 1. The highest BCUT2D eigenvalue weighted by molar-refractivity contribution is 5.95. The number of hydrogen-bond acceptors (Lipinski definition) is 6. The molecule has 3 aromatic rings. The Balaban J connectivity index is 1.71. The van der Waals surface area contributed by atoms with Gasteiger partial charge in [-0.05, 0) is 36.4 Å². The number of ether oxygens (including phenoxy) is 2. The van der Waals surface area contributed by atoms with Crippen molar-refractivity contribution in [1.82, 2.24) is 5.43 Å². The Bertz CT molecular complexity index is 1040. The van der Waals surface area contributed by atoms with E-state index in [-0.39, 0.29) is 0 Å². The van der Waals surface area contributed by atoms with Gasteiger partial charge in [0.25, 0.3) is 5.91 Å². The summed E-state index contributed by atoms with van der Waals surface area (Å²) in [5.74, 6) is 1.56. The molecule has 1 heterocycles. The molecule has 0 saturated carbocycles. The molecule has 0 aliphatic rings. The van der Waals surface area contributed by atoms with Crippen LogP contribution < -0.4 is 14.9 Å². The van der Waals surface area contributed by atoms with Gasteiger partial charge in [0.2, 0.25) is 0 Å². The summed E-state index contributed by atoms with van der Waals surface area (Å²) in [5, 5.41) is 13.1. The number of nitrogens with zero attached hydrogens (tertiary/aromatic N) is 2. The molecular weight excluding hydrogens is 358 g/mol. The molecule has 0 fully saturated rings. The van der Waals surface area contributed by atoms with Crippen LogP contribution in [0.5, 0.6) is 11.5 Å². The molecule has 7 nitrogen and oxygen atoms in total. The summed E-state index contributed by atoms with van der Waals surface area (Å²) in [6, 6.07) is 17.5. The maximum Gasteiger partial charge on any atom is 0.271 e. The van der Waals surface area contributed by atoms with E-state index in [0.29, 0.717) is 39.7 Å². The summed E-state index contributed by atoms with van der Waals surface area (Å²) in [6.45, 7) is 0. The fourth-order valence-electron chi connectivity index (χ4n) is 2.52. The summed E-state index contributed by atoms with van der Waals surface area (Å²) in [4.78, 5) is 12.3. The van der Waals surface area contributed by atoms with Crippen molar-refractivity contribution in [2.45, 2.75) is 0 Å². The Morgan fingerprint density at radius 1 is 1.11 bits per heavy atom. The van der Waals surface area contributed by atoms with Crippen LogP contribution in [-0.2, 0) is 0 Å². The van der Waals surface area contributed by atoms with Crippen LogP contribution in [-0.4, -0.2) is 26.3 Å². The first kappa shape index (κ1) is 18.7. The first-order valence-corrected chi connectivity index (χ1v) is 8.30. The van der Waals surface area contributed by atoms with E-state index >= 15 is 0 Å². The lowest BCUT2D eigenvalue weighted by Crippen LogP contribution is -2.17. The van der Waals surface area contributed by atoms with E-state index in [0.717, 1.165) is 0 Å². The number of amides is 1. The minimum absolute atomic E-state index is 0.344. The molecule has 0 aliphatic heterocycles. The Hall–Kier alpha value is -4.05. The van der Waals surface area contributed by atoms with Crippen LogP contribution in [0.2, 0.25) is 0 Å². The van der Waals surface area contributed by atoms with E-state index in [2.05, 4.69) is 16.6 Å². The van der Waals surface area contributed by atoms with Gasteiger partial charge in [-0.15, -0.1) is 0 Å². The molecule has 1 N–H and O–H groups in total. The van der Waals surface area contributed by atoms with Gasteiger partial charge in [0.05, 0.1) is 32.1 Å². The van der Waals surface area contributed by atoms with E-state index in [4.69, 9.17) is 13.9 Å². The van der Waals surface area contributed by atoms with Crippen LogP contribution in [0.25, 0.3) is 11.3 Å². The molecule has 0 spiro atoms. The fraction of sp³-hybridized carbons (Fsp3) is 0.0952. The van der Waals surface area contributed by atoms with Gasteiger partial charge in [0, 0.05) is 17.2 Å². The van der Waals surface area contributed by atoms with Crippen molar-refractivity contribution in [1.29, 1.82) is 5.26 Å². The highest BCUT2D eigenvalue weighted by Gasteiger charge is 2.10. The Kier molecular flexibility index (Phi) is 5.72. The summed E-state index contributed by atoms with van der Waals surface area (Å²) >= 11 is 0. The van der Waals surface area contributed by atoms with Gasteiger partial charge in [-0.3, -0.25) is 4.79 Å². The second-order valence-electron chi connectivity index (χ2n) is 5.66. The fourth-order valence-corrected chi connectivity index (χ4v) is 2.52. The third kappa shape index (κ3) is 4.19. The molecule has 0 unspecified atom stereocenters. The standard InChI is InChI=1S/C21H17N3O4/c1-26-17-9-15(10-18(11-17)27-2)21(25)24-23-13-16-7-8-20(28-16)19-6-4-3-5-14(19)12-22/h3-11,13H,1-2H3,(H,24,25). The molecule has 1 aromatic heterocycles. The SMILES string of the molecule is COc1cc(OC)cc(C(=O)NN=Cc2ccc(-c3ccccc3C#N)o2)c1. The highest BCUT2D eigenvalue weighted by atomic mass is 16.5. The van der Waals surface area contributed by atoms with Crippen molar-refractivity contribution < 1.29 is 18.7 Å². The first-order valence-electron chi connectivity index (χ1n) is 8.30. The zero-order valence-electron chi connectivity index (χ0n) is 15.3. The van der Waals surface area contributed by atoms with Crippen molar-refractivity contribution >= 4 is 12.1 Å². The molecule has 28 heavy (non-hydrogen) atoms. The molecule has 7 heteroatoms. The topological polar surface area (TPSA) is 96.9 Å². The minimum Gasteiger partial charge on any atom is -0.497 e. The van der Waals surface area contributed by atoms with Crippen molar-refractivity contribution in [3.8, 4) is 28.9 Å². The molecule has 1 amide bonds. The second kappa shape index (κ2) is 8.56. The maximum atomic E-state index is 12.3. The zero-order valence-corrected chi connectivity index (χ0v) is 15.3. The average Bonchev–Trinajstić information content (AvgIpc) is 3.21. The molecule has 3 rings (SSSR count). The summed E-state index contributed by atoms with van der Waals surface area (Å²) in [5.41, 5.74) is 3.98. The molecule has 0 aliphatic carbocycles. The Labute approximate surface area is 161 Å². The average molecular weight is 375 g/mol. The van der Waals surface area contributed by atoms with E-state index < -0.39 is 5.91 Å². The molecule has 2 aromatic carbocycles. The van der Waals surface area contributed by atoms with Gasteiger partial charge in [-0.25, -0.2) is 5.43 Å². The van der Waals surface area contributed by atoms with Crippen molar-refractivity contribution in [3.63, 3.8) is 0 Å². The van der Waals surface area contributed by atoms with Gasteiger partial charge in [-0.2, -0.15) is 10.4 Å². The molecule has 0 radical (unpaired) electrons. The van der Waals surface area contributed by atoms with Crippen LogP contribution in [0.1, 0.15) is 21.7 Å². The summed E-state index contributed by atoms with van der Waals surface area (Å²) < 4.78 is 16.0. The predicted octanol–water partition coefficient (Wildman–Crippen LogP) is 3.60. The first-order chi connectivity index (χ1) is 13.6. The van der Waals surface area contributed by atoms with Crippen molar-refractivity contribution in [2.24, 2.45) is 5.10 Å². The van der Waals surface area contributed by atoms with E-state index in [1.807, 2.05) is 6.07 Å². The van der Waals surface area contributed by atoms with Crippen LogP contribution in [0, 0.1) is 11.3 Å². The smallest absolute Gasteiger partial charge is 0.271 e. The number of carbonyl (C=O) groups is 1. The van der Waals surface area contributed by atoms with Crippen LogP contribution >= 0.6 is 0 Å². The number of methoxy groups -OCH3 is 2. The normalized spacial score (nSPS) is 10.5. The van der Waals surface area contributed by atoms with Gasteiger partial charge in [0.15, 0.2) is 0 Å². The Morgan fingerprint density at radius 3 is 2.50 bits per heavy atom. The minimum atomic E-state index is -0.421. The molecule has 0 saturated heterocycles. The third-order valence-electron chi connectivity index (χ3n) is 3.91. The van der Waals surface area contributed by atoms with Crippen molar-refractivity contribution in [3.05, 3.63) is 71.5 Å². The molecule has 140 valence electrons. The number of rotatable bonds is 6. The van der Waals surface area contributed by atoms with E-state index in [1.54, 1.807) is 48.5 Å². The molecular formula is C21H17N3O4. The van der Waals surface area contributed by atoms with Crippen molar-refractivity contribution in [2.75, 3.05) is 14.2 Å². The Morgan fingerprint density at radius 2 is 1.82 bits per heavy atom. The lowest BCUT2D eigenvalue weighted by atomic mass is 10.1. The molecule has 0 bridgehead atoms. The van der Waals surface area contributed by atoms with Gasteiger partial charge >= 0.3 is 0 Å². The summed E-state index contributed by atoms with van der Waals surface area (Å²) in [7, 11) is 3.02. The van der Waals surface area contributed by atoms with Gasteiger partial charge in [-0.1, -0.05) is 12.1 Å². The molecule has 0 atom stereocenters. The maximum absolute atomic E-state index is 12.3. The number of nitrogens with one attached hydrogen (secondary N) is 1. The number of benzene rings is 2. The summed E-state index contributed by atoms with van der Waals surface area (Å²) in [6.07, 6.45) is 1.38. The predicted molar refractivity (Wildman–Crippen MR) is 103 cm³/mol.